The molecule has 0 aliphatic heterocycles. The summed E-state index contributed by atoms with van der Waals surface area (Å²) < 4.78 is 18.5. The van der Waals surface area contributed by atoms with Gasteiger partial charge < -0.3 is 10.1 Å². The van der Waals surface area contributed by atoms with Gasteiger partial charge in [-0.25, -0.2) is 14.4 Å². The van der Waals surface area contributed by atoms with Crippen molar-refractivity contribution in [2.24, 2.45) is 0 Å². The van der Waals surface area contributed by atoms with Crippen molar-refractivity contribution in [3.8, 4) is 17.1 Å². The highest BCUT2D eigenvalue weighted by Crippen LogP contribution is 2.26. The average Bonchev–Trinajstić information content (AvgIpc) is 2.53. The molecule has 3 rings (SSSR count). The molecule has 2 aromatic carbocycles. The van der Waals surface area contributed by atoms with Crippen LogP contribution in [0.15, 0.2) is 42.5 Å². The predicted octanol–water partition coefficient (Wildman–Crippen LogP) is 3.49. The molecule has 0 saturated heterocycles. The molecule has 21 heavy (non-hydrogen) atoms. The van der Waals surface area contributed by atoms with Crippen LogP contribution in [0.3, 0.4) is 0 Å². The number of nitrogens with zero attached hydrogens (tertiary/aromatic N) is 2. The van der Waals surface area contributed by atoms with Crippen LogP contribution in [0, 0.1) is 5.82 Å². The predicted molar refractivity (Wildman–Crippen MR) is 81.0 cm³/mol. The van der Waals surface area contributed by atoms with Crippen LogP contribution in [-0.2, 0) is 0 Å². The molecule has 0 unspecified atom stereocenters. The van der Waals surface area contributed by atoms with E-state index in [1.165, 1.54) is 12.1 Å². The Morgan fingerprint density at radius 3 is 2.48 bits per heavy atom. The van der Waals surface area contributed by atoms with E-state index in [0.29, 0.717) is 17.2 Å². The lowest BCUT2D eigenvalue weighted by Gasteiger charge is -2.08. The summed E-state index contributed by atoms with van der Waals surface area (Å²) in [5, 5.41) is 3.81. The minimum Gasteiger partial charge on any atom is -0.497 e. The fraction of sp³-hybridized carbons (Fsp3) is 0.125. The molecule has 0 aliphatic rings. The fourth-order valence-corrected chi connectivity index (χ4v) is 2.16. The number of rotatable bonds is 3. The summed E-state index contributed by atoms with van der Waals surface area (Å²) in [5.74, 6) is 1.66. The van der Waals surface area contributed by atoms with Gasteiger partial charge in [0.05, 0.1) is 12.6 Å². The molecule has 0 amide bonds. The van der Waals surface area contributed by atoms with E-state index in [-0.39, 0.29) is 5.82 Å². The molecule has 0 fully saturated rings. The maximum Gasteiger partial charge on any atom is 0.162 e. The number of hydrogen-bond donors (Lipinski definition) is 1. The van der Waals surface area contributed by atoms with Crippen molar-refractivity contribution in [2.45, 2.75) is 0 Å². The van der Waals surface area contributed by atoms with Gasteiger partial charge in [0.25, 0.3) is 0 Å². The normalized spacial score (nSPS) is 10.6. The zero-order valence-electron chi connectivity index (χ0n) is 11.7. The van der Waals surface area contributed by atoms with Gasteiger partial charge in [-0.1, -0.05) is 0 Å². The van der Waals surface area contributed by atoms with Crippen LogP contribution < -0.4 is 10.1 Å². The number of anilines is 1. The molecule has 4 nitrogen and oxygen atoms in total. The van der Waals surface area contributed by atoms with Crippen LogP contribution in [0.5, 0.6) is 5.75 Å². The molecule has 3 aromatic rings. The van der Waals surface area contributed by atoms with Gasteiger partial charge >= 0.3 is 0 Å². The van der Waals surface area contributed by atoms with E-state index in [4.69, 9.17) is 4.74 Å². The second-order valence-corrected chi connectivity index (χ2v) is 4.54. The minimum atomic E-state index is -0.316. The SMILES string of the molecule is CNc1nc(-c2ccc(OC)cc2)nc2cc(F)ccc12. The van der Waals surface area contributed by atoms with Crippen molar-refractivity contribution in [3.05, 3.63) is 48.3 Å². The van der Waals surface area contributed by atoms with E-state index in [1.807, 2.05) is 24.3 Å². The lowest BCUT2D eigenvalue weighted by atomic mass is 10.1. The topological polar surface area (TPSA) is 47.0 Å². The molecule has 0 aliphatic carbocycles. The van der Waals surface area contributed by atoms with E-state index in [1.54, 1.807) is 20.2 Å². The van der Waals surface area contributed by atoms with Gasteiger partial charge in [-0.15, -0.1) is 0 Å². The molecule has 0 saturated carbocycles. The number of ether oxygens (including phenoxy) is 1. The van der Waals surface area contributed by atoms with Crippen LogP contribution in [0.1, 0.15) is 0 Å². The van der Waals surface area contributed by atoms with E-state index >= 15 is 0 Å². The van der Waals surface area contributed by atoms with Crippen LogP contribution in [0.2, 0.25) is 0 Å². The maximum atomic E-state index is 13.4. The second-order valence-electron chi connectivity index (χ2n) is 4.54. The van der Waals surface area contributed by atoms with E-state index in [9.17, 15) is 4.39 Å². The Morgan fingerprint density at radius 2 is 1.81 bits per heavy atom. The van der Waals surface area contributed by atoms with Gasteiger partial charge in [0.15, 0.2) is 5.82 Å². The Bertz CT molecular complexity index is 787. The Balaban J connectivity index is 2.17. The lowest BCUT2D eigenvalue weighted by Crippen LogP contribution is -1.99. The number of fused-ring (bicyclic) bond motifs is 1. The first-order valence-corrected chi connectivity index (χ1v) is 6.51. The summed E-state index contributed by atoms with van der Waals surface area (Å²) in [5.41, 5.74) is 1.42. The Kier molecular flexibility index (Phi) is 3.39. The molecule has 0 bridgehead atoms. The first-order valence-electron chi connectivity index (χ1n) is 6.51. The molecule has 5 heteroatoms. The Morgan fingerprint density at radius 1 is 1.05 bits per heavy atom. The number of aromatic nitrogens is 2. The third kappa shape index (κ3) is 2.50. The number of hydrogen-bond acceptors (Lipinski definition) is 4. The van der Waals surface area contributed by atoms with E-state index < -0.39 is 0 Å². The summed E-state index contributed by atoms with van der Waals surface area (Å²) in [6.45, 7) is 0. The molecule has 1 aromatic heterocycles. The van der Waals surface area contributed by atoms with Crippen molar-refractivity contribution >= 4 is 16.7 Å². The Hall–Kier alpha value is -2.69. The van der Waals surface area contributed by atoms with Crippen LogP contribution in [0.4, 0.5) is 10.2 Å². The highest BCUT2D eigenvalue weighted by Gasteiger charge is 2.09. The Labute approximate surface area is 121 Å². The summed E-state index contributed by atoms with van der Waals surface area (Å²) in [4.78, 5) is 8.93. The van der Waals surface area contributed by atoms with Crippen LogP contribution >= 0.6 is 0 Å². The highest BCUT2D eigenvalue weighted by molar-refractivity contribution is 5.90. The third-order valence-corrected chi connectivity index (χ3v) is 3.24. The molecule has 1 heterocycles. The first kappa shape index (κ1) is 13.3. The smallest absolute Gasteiger partial charge is 0.162 e. The molecule has 106 valence electrons. The number of methoxy groups -OCH3 is 1. The standard InChI is InChI=1S/C16H14FN3O/c1-18-16-13-8-5-11(17)9-14(13)19-15(20-16)10-3-6-12(21-2)7-4-10/h3-9H,1-2H3,(H,18,19,20). The summed E-state index contributed by atoms with van der Waals surface area (Å²) in [6, 6.07) is 11.9. The average molecular weight is 283 g/mol. The molecular formula is C16H14FN3O. The molecule has 0 radical (unpaired) electrons. The van der Waals surface area contributed by atoms with Gasteiger partial charge in [0, 0.05) is 24.1 Å². The number of benzene rings is 2. The zero-order valence-corrected chi connectivity index (χ0v) is 11.7. The summed E-state index contributed by atoms with van der Waals surface area (Å²) in [7, 11) is 3.40. The largest absolute Gasteiger partial charge is 0.497 e. The van der Waals surface area contributed by atoms with Crippen molar-refractivity contribution < 1.29 is 9.13 Å². The number of nitrogens with one attached hydrogen (secondary N) is 1. The zero-order chi connectivity index (χ0) is 14.8. The van der Waals surface area contributed by atoms with Gasteiger partial charge in [-0.2, -0.15) is 0 Å². The van der Waals surface area contributed by atoms with Gasteiger partial charge in [-0.3, -0.25) is 0 Å². The first-order chi connectivity index (χ1) is 10.2. The molecular weight excluding hydrogens is 269 g/mol. The quantitative estimate of drug-likeness (QED) is 0.799. The molecule has 0 spiro atoms. The lowest BCUT2D eigenvalue weighted by molar-refractivity contribution is 0.415. The van der Waals surface area contributed by atoms with Gasteiger partial charge in [-0.05, 0) is 36.4 Å². The van der Waals surface area contributed by atoms with Gasteiger partial charge in [0.2, 0.25) is 0 Å². The second kappa shape index (κ2) is 5.36. The van der Waals surface area contributed by atoms with E-state index in [2.05, 4.69) is 15.3 Å². The van der Waals surface area contributed by atoms with Crippen molar-refractivity contribution in [3.63, 3.8) is 0 Å². The van der Waals surface area contributed by atoms with Crippen molar-refractivity contribution in [2.75, 3.05) is 19.5 Å². The minimum absolute atomic E-state index is 0.316. The van der Waals surface area contributed by atoms with Gasteiger partial charge in [0.1, 0.15) is 17.4 Å². The third-order valence-electron chi connectivity index (χ3n) is 3.24. The fourth-order valence-electron chi connectivity index (χ4n) is 2.16. The van der Waals surface area contributed by atoms with Crippen molar-refractivity contribution in [1.82, 2.24) is 9.97 Å². The molecule has 1 N–H and O–H groups in total. The van der Waals surface area contributed by atoms with Crippen LogP contribution in [0.25, 0.3) is 22.3 Å². The monoisotopic (exact) mass is 283 g/mol. The molecule has 0 atom stereocenters. The maximum absolute atomic E-state index is 13.4. The highest BCUT2D eigenvalue weighted by atomic mass is 19.1. The number of halogens is 1. The summed E-state index contributed by atoms with van der Waals surface area (Å²) in [6.07, 6.45) is 0. The summed E-state index contributed by atoms with van der Waals surface area (Å²) >= 11 is 0. The van der Waals surface area contributed by atoms with E-state index in [0.717, 1.165) is 16.7 Å². The van der Waals surface area contributed by atoms with Crippen molar-refractivity contribution in [1.29, 1.82) is 0 Å². The van der Waals surface area contributed by atoms with Crippen LogP contribution in [-0.4, -0.2) is 24.1 Å².